The van der Waals surface area contributed by atoms with Crippen LogP contribution in [0.5, 0.6) is 0 Å². The number of carbonyl (C=O) groups is 1. The monoisotopic (exact) mass is 421 g/mol. The van der Waals surface area contributed by atoms with E-state index in [-0.39, 0.29) is 23.1 Å². The number of hydrogen-bond acceptors (Lipinski definition) is 4. The van der Waals surface area contributed by atoms with E-state index < -0.39 is 23.7 Å². The van der Waals surface area contributed by atoms with Crippen LogP contribution in [-0.4, -0.2) is 23.7 Å². The lowest BCUT2D eigenvalue weighted by Gasteiger charge is -2.20. The van der Waals surface area contributed by atoms with E-state index in [0.29, 0.717) is 10.7 Å². The Hall–Kier alpha value is -1.41. The van der Waals surface area contributed by atoms with Gasteiger partial charge in [0.25, 0.3) is 0 Å². The summed E-state index contributed by atoms with van der Waals surface area (Å²) in [7, 11) is 0. The molecule has 0 aromatic heterocycles. The van der Waals surface area contributed by atoms with Gasteiger partial charge in [-0.05, 0) is 36.8 Å². The molecule has 1 rings (SSSR count). The van der Waals surface area contributed by atoms with Gasteiger partial charge in [-0.3, -0.25) is 16.1 Å². The Morgan fingerprint density at radius 1 is 1.38 bits per heavy atom. The number of rotatable bonds is 9. The molecule has 0 bridgehead atoms. The van der Waals surface area contributed by atoms with Gasteiger partial charge in [0.15, 0.2) is 0 Å². The largest absolute Gasteiger partial charge is 0.395 e. The van der Waals surface area contributed by atoms with E-state index in [1.807, 2.05) is 0 Å². The van der Waals surface area contributed by atoms with Gasteiger partial charge in [-0.25, -0.2) is 4.39 Å². The van der Waals surface area contributed by atoms with Gasteiger partial charge in [0.05, 0.1) is 12.5 Å². The highest BCUT2D eigenvalue weighted by Crippen LogP contribution is 2.25. The summed E-state index contributed by atoms with van der Waals surface area (Å²) in [4.78, 5) is 12.5. The quantitative estimate of drug-likeness (QED) is 0.277. The number of amides is 1. The number of nitrogens with two attached hydrogens (primary N) is 1. The van der Waals surface area contributed by atoms with Crippen LogP contribution in [-0.2, 0) is 4.79 Å². The van der Waals surface area contributed by atoms with Crippen molar-refractivity contribution in [1.29, 1.82) is 0 Å². The maximum atomic E-state index is 14.7. The van der Waals surface area contributed by atoms with Crippen LogP contribution in [0.2, 0.25) is 5.02 Å². The Morgan fingerprint density at radius 3 is 2.62 bits per heavy atom. The van der Waals surface area contributed by atoms with Gasteiger partial charge in [0.1, 0.15) is 5.83 Å². The maximum Gasteiger partial charge on any atom is 0.234 e. The fourth-order valence-corrected chi connectivity index (χ4v) is 2.64. The third kappa shape index (κ3) is 7.86. The zero-order chi connectivity index (χ0) is 19.7. The van der Waals surface area contributed by atoms with E-state index in [9.17, 15) is 14.3 Å². The number of aliphatic hydroxyl groups is 1. The second-order valence-electron chi connectivity index (χ2n) is 5.34. The molecule has 0 saturated heterocycles. The highest BCUT2D eigenvalue weighted by molar-refractivity contribution is 6.35. The van der Waals surface area contributed by atoms with Crippen LogP contribution in [0.1, 0.15) is 6.42 Å². The van der Waals surface area contributed by atoms with Crippen molar-refractivity contribution in [2.75, 3.05) is 11.9 Å². The van der Waals surface area contributed by atoms with E-state index in [1.165, 1.54) is 12.1 Å². The van der Waals surface area contributed by atoms with Crippen LogP contribution in [0.4, 0.5) is 10.1 Å². The van der Waals surface area contributed by atoms with E-state index in [0.717, 1.165) is 6.08 Å². The summed E-state index contributed by atoms with van der Waals surface area (Å²) >= 11 is 17.3. The van der Waals surface area contributed by atoms with E-state index >= 15 is 0 Å². The summed E-state index contributed by atoms with van der Waals surface area (Å²) in [6.45, 7) is 3.04. The summed E-state index contributed by atoms with van der Waals surface area (Å²) in [6.07, 6.45) is 2.09. The maximum absolute atomic E-state index is 14.7. The zero-order valence-electron chi connectivity index (χ0n) is 13.7. The first-order valence-corrected chi connectivity index (χ1v) is 8.62. The summed E-state index contributed by atoms with van der Waals surface area (Å²) in [5, 5.41) is 12.3. The van der Waals surface area contributed by atoms with Crippen LogP contribution in [0.15, 0.2) is 58.9 Å². The van der Waals surface area contributed by atoms with Gasteiger partial charge < -0.3 is 10.4 Å². The number of aliphatic hydroxyl groups excluding tert-OH is 1. The molecule has 26 heavy (non-hydrogen) atoms. The first-order chi connectivity index (χ1) is 12.3. The van der Waals surface area contributed by atoms with E-state index in [2.05, 4.69) is 17.3 Å². The molecule has 0 fully saturated rings. The smallest absolute Gasteiger partial charge is 0.234 e. The van der Waals surface area contributed by atoms with Crippen molar-refractivity contribution in [2.45, 2.75) is 12.5 Å². The van der Waals surface area contributed by atoms with Gasteiger partial charge >= 0.3 is 0 Å². The average molecular weight is 423 g/mol. The molecule has 5 nitrogen and oxygen atoms in total. The average Bonchev–Trinajstić information content (AvgIpc) is 2.54. The molecule has 142 valence electrons. The zero-order valence-corrected chi connectivity index (χ0v) is 16.0. The lowest BCUT2D eigenvalue weighted by Crippen LogP contribution is -2.41. The predicted octanol–water partition coefficient (Wildman–Crippen LogP) is 3.84. The Balaban J connectivity index is 3.08. The van der Waals surface area contributed by atoms with Crippen molar-refractivity contribution in [3.05, 3.63) is 63.9 Å². The lowest BCUT2D eigenvalue weighted by molar-refractivity contribution is -0.119. The standard InChI is InChI=1S/C17H19Cl3FN3O2/c1-10(18)5-12(20)7-16(21)15(8-14(9-25)24-22)17(26)23-13-4-2-3-11(19)6-13/h2-7,14-15,24-25H,1,8-9,22H2,(H,23,26)/b12-5+,16-7-/t14-,15?/m1/s1. The number of hydrogen-bond donors (Lipinski definition) is 4. The van der Waals surface area contributed by atoms with E-state index in [4.69, 9.17) is 40.6 Å². The number of carbonyl (C=O) groups excluding carboxylic acids is 1. The molecule has 9 heteroatoms. The topological polar surface area (TPSA) is 87.4 Å². The van der Waals surface area contributed by atoms with Crippen molar-refractivity contribution in [1.82, 2.24) is 5.43 Å². The SMILES string of the molecule is C=C(Cl)/C=C(Cl)\C=C(/F)C(C[C@H](CO)NN)C(=O)Nc1cccc(Cl)c1. The van der Waals surface area contributed by atoms with Gasteiger partial charge in [0, 0.05) is 26.8 Å². The van der Waals surface area contributed by atoms with Crippen LogP contribution >= 0.6 is 34.8 Å². The molecule has 0 aliphatic carbocycles. The highest BCUT2D eigenvalue weighted by atomic mass is 35.5. The lowest BCUT2D eigenvalue weighted by atomic mass is 9.97. The fourth-order valence-electron chi connectivity index (χ4n) is 2.04. The molecular formula is C17H19Cl3FN3O2. The number of allylic oxidation sites excluding steroid dienone is 4. The molecular weight excluding hydrogens is 404 g/mol. The Kier molecular flexibility index (Phi) is 9.87. The fraction of sp³-hybridized carbons (Fsp3) is 0.235. The third-order valence-corrected chi connectivity index (χ3v) is 3.85. The summed E-state index contributed by atoms with van der Waals surface area (Å²) in [6, 6.07) is 5.71. The van der Waals surface area contributed by atoms with Gasteiger partial charge in [-0.1, -0.05) is 47.4 Å². The first-order valence-electron chi connectivity index (χ1n) is 7.49. The molecule has 1 aromatic rings. The van der Waals surface area contributed by atoms with Crippen molar-refractivity contribution in [3.63, 3.8) is 0 Å². The van der Waals surface area contributed by atoms with Crippen LogP contribution in [0.25, 0.3) is 0 Å². The molecule has 0 spiro atoms. The number of halogens is 4. The molecule has 2 atom stereocenters. The molecule has 1 unspecified atom stereocenters. The summed E-state index contributed by atoms with van der Waals surface area (Å²) in [5.41, 5.74) is 2.72. The minimum atomic E-state index is -1.26. The molecule has 0 radical (unpaired) electrons. The highest BCUT2D eigenvalue weighted by Gasteiger charge is 2.27. The minimum absolute atomic E-state index is 0.0377. The van der Waals surface area contributed by atoms with Crippen molar-refractivity contribution in [3.8, 4) is 0 Å². The molecule has 0 aliphatic rings. The molecule has 5 N–H and O–H groups in total. The molecule has 0 saturated carbocycles. The van der Waals surface area contributed by atoms with Crippen molar-refractivity contribution in [2.24, 2.45) is 11.8 Å². The van der Waals surface area contributed by atoms with Crippen LogP contribution in [0.3, 0.4) is 0 Å². The molecule has 0 aliphatic heterocycles. The molecule has 1 amide bonds. The summed E-state index contributed by atoms with van der Waals surface area (Å²) in [5.74, 6) is 2.58. The van der Waals surface area contributed by atoms with Crippen molar-refractivity contribution >= 4 is 46.4 Å². The van der Waals surface area contributed by atoms with Crippen LogP contribution in [0, 0.1) is 5.92 Å². The molecule has 1 aromatic carbocycles. The van der Waals surface area contributed by atoms with Crippen molar-refractivity contribution < 1.29 is 14.3 Å². The second kappa shape index (κ2) is 11.3. The molecule has 0 heterocycles. The summed E-state index contributed by atoms with van der Waals surface area (Å²) < 4.78 is 14.7. The number of hydrazine groups is 1. The normalized spacial score (nSPS) is 14.7. The van der Waals surface area contributed by atoms with Gasteiger partial charge in [-0.15, -0.1) is 0 Å². The first kappa shape index (κ1) is 22.6. The number of anilines is 1. The van der Waals surface area contributed by atoms with Crippen LogP contribution < -0.4 is 16.6 Å². The Morgan fingerprint density at radius 2 is 2.08 bits per heavy atom. The Bertz CT molecular complexity index is 706. The predicted molar refractivity (Wildman–Crippen MR) is 105 cm³/mol. The van der Waals surface area contributed by atoms with E-state index in [1.54, 1.807) is 18.2 Å². The van der Waals surface area contributed by atoms with Gasteiger partial charge in [-0.2, -0.15) is 0 Å². The Labute approximate surface area is 166 Å². The second-order valence-corrected chi connectivity index (χ2v) is 6.70. The third-order valence-electron chi connectivity index (χ3n) is 3.29. The number of benzene rings is 1. The van der Waals surface area contributed by atoms with Gasteiger partial charge in [0.2, 0.25) is 5.91 Å². The minimum Gasteiger partial charge on any atom is -0.395 e. The number of nitrogens with one attached hydrogen (secondary N) is 2.